The highest BCUT2D eigenvalue weighted by atomic mass is 32.7. The molecule has 1 aliphatic heterocycles. The minimum atomic E-state index is -1.87. The van der Waals surface area contributed by atoms with E-state index in [4.69, 9.17) is 21.3 Å². The average Bonchev–Trinajstić information content (AvgIpc) is 1.96. The van der Waals surface area contributed by atoms with Crippen LogP contribution in [0.25, 0.3) is 0 Å². The predicted octanol–water partition coefficient (Wildman–Crippen LogP) is 2.53. The Balaban J connectivity index is 2.49. The number of hydrogen-bond donors (Lipinski definition) is 0. The van der Waals surface area contributed by atoms with Crippen molar-refractivity contribution in [2.75, 3.05) is 13.2 Å². The van der Waals surface area contributed by atoms with Crippen LogP contribution in [0.5, 0.6) is 0 Å². The van der Waals surface area contributed by atoms with Crippen molar-refractivity contribution in [1.82, 2.24) is 0 Å². The van der Waals surface area contributed by atoms with E-state index in [-0.39, 0.29) is 0 Å². The normalized spacial score (nSPS) is 39.0. The van der Waals surface area contributed by atoms with Gasteiger partial charge in [-0.1, -0.05) is 0 Å². The highest BCUT2D eigenvalue weighted by Crippen LogP contribution is 2.65. The van der Waals surface area contributed by atoms with Gasteiger partial charge >= 0.3 is 0 Å². The van der Waals surface area contributed by atoms with Crippen molar-refractivity contribution < 1.29 is 9.05 Å². The zero-order chi connectivity index (χ0) is 8.32. The molecule has 1 aliphatic rings. The molecule has 0 bridgehead atoms. The largest absolute Gasteiger partial charge is 0.492 e. The second kappa shape index (κ2) is 4.08. The minimum absolute atomic E-state index is 0.450. The van der Waals surface area contributed by atoms with Gasteiger partial charge in [-0.15, -0.1) is 0 Å². The van der Waals surface area contributed by atoms with Crippen LogP contribution in [0.2, 0.25) is 0 Å². The first-order chi connectivity index (χ1) is 5.19. The Morgan fingerprint density at radius 3 is 3.00 bits per heavy atom. The maximum absolute atomic E-state index is 5.52. The fourth-order valence-corrected chi connectivity index (χ4v) is 3.88. The van der Waals surface area contributed by atoms with Gasteiger partial charge in [0.1, 0.15) is 5.66 Å². The van der Waals surface area contributed by atoms with Crippen LogP contribution in [0.15, 0.2) is 0 Å². The third kappa shape index (κ3) is 2.32. The van der Waals surface area contributed by atoms with E-state index < -0.39 is 6.92 Å². The summed E-state index contributed by atoms with van der Waals surface area (Å²) >= 11 is 5.34. The van der Waals surface area contributed by atoms with Crippen molar-refractivity contribution in [3.05, 3.63) is 0 Å². The summed E-state index contributed by atoms with van der Waals surface area (Å²) in [7, 11) is 0. The van der Waals surface area contributed by atoms with Gasteiger partial charge in [0.15, 0.2) is 6.92 Å². The molecule has 0 aromatic heterocycles. The lowest BCUT2D eigenvalue weighted by Gasteiger charge is -2.37. The van der Waals surface area contributed by atoms with Gasteiger partial charge in [-0.2, -0.15) is 0 Å². The van der Waals surface area contributed by atoms with Gasteiger partial charge < -0.3 is 12.2 Å². The van der Waals surface area contributed by atoms with Crippen LogP contribution in [0.3, 0.4) is 0 Å². The van der Waals surface area contributed by atoms with Crippen molar-refractivity contribution >= 4 is 19.2 Å². The SMILES string of the molecule is CCO[P+]1([S-])OCCC[C@@H]1C. The van der Waals surface area contributed by atoms with E-state index in [1.54, 1.807) is 0 Å². The highest BCUT2D eigenvalue weighted by molar-refractivity contribution is 8.38. The third-order valence-electron chi connectivity index (χ3n) is 1.89. The summed E-state index contributed by atoms with van der Waals surface area (Å²) in [5.41, 5.74) is 0.450. The molecule has 0 spiro atoms. The molecule has 1 fully saturated rings. The van der Waals surface area contributed by atoms with Crippen molar-refractivity contribution in [2.24, 2.45) is 0 Å². The lowest BCUT2D eigenvalue weighted by Crippen LogP contribution is -2.19. The van der Waals surface area contributed by atoms with E-state index in [9.17, 15) is 0 Å². The standard InChI is InChI=1S/C7H15O2PS/c1-3-8-10(11)7(2)5-4-6-9-10/h7H,3-6H2,1-2H3/t7-,10?/m0/s1. The minimum Gasteiger partial charge on any atom is -0.492 e. The molecule has 2 nitrogen and oxygen atoms in total. The van der Waals surface area contributed by atoms with Crippen LogP contribution < -0.4 is 0 Å². The fourth-order valence-electron chi connectivity index (χ4n) is 1.20. The lowest BCUT2D eigenvalue weighted by atomic mass is 10.2. The first-order valence-corrected chi connectivity index (χ1v) is 6.78. The molecule has 1 saturated heterocycles. The maximum Gasteiger partial charge on any atom is 0.162 e. The molecule has 0 aliphatic carbocycles. The Bertz CT molecular complexity index is 130. The van der Waals surface area contributed by atoms with Crippen molar-refractivity contribution in [1.29, 1.82) is 0 Å². The summed E-state index contributed by atoms with van der Waals surface area (Å²) < 4.78 is 11.0. The topological polar surface area (TPSA) is 18.5 Å². The maximum atomic E-state index is 5.52. The van der Waals surface area contributed by atoms with E-state index in [0.717, 1.165) is 19.4 Å². The van der Waals surface area contributed by atoms with E-state index in [2.05, 4.69) is 6.92 Å². The van der Waals surface area contributed by atoms with Gasteiger partial charge in [0, 0.05) is 0 Å². The Kier molecular flexibility index (Phi) is 3.63. The smallest absolute Gasteiger partial charge is 0.162 e. The molecule has 2 atom stereocenters. The molecule has 1 heterocycles. The van der Waals surface area contributed by atoms with E-state index in [1.807, 2.05) is 6.92 Å². The van der Waals surface area contributed by atoms with Gasteiger partial charge in [0.25, 0.3) is 0 Å². The van der Waals surface area contributed by atoms with E-state index >= 15 is 0 Å². The van der Waals surface area contributed by atoms with Gasteiger partial charge in [0.05, 0.1) is 13.2 Å². The molecule has 1 unspecified atom stereocenters. The quantitative estimate of drug-likeness (QED) is 0.497. The van der Waals surface area contributed by atoms with Crippen LogP contribution in [-0.2, 0) is 21.3 Å². The molecule has 0 N–H and O–H groups in total. The third-order valence-corrected chi connectivity index (χ3v) is 6.10. The van der Waals surface area contributed by atoms with E-state index in [1.165, 1.54) is 0 Å². The van der Waals surface area contributed by atoms with Crippen LogP contribution in [0.4, 0.5) is 0 Å². The first kappa shape index (κ1) is 9.79. The summed E-state index contributed by atoms with van der Waals surface area (Å²) in [6, 6.07) is 0. The zero-order valence-electron chi connectivity index (χ0n) is 7.08. The second-order valence-electron chi connectivity index (χ2n) is 2.78. The van der Waals surface area contributed by atoms with Crippen LogP contribution in [0.1, 0.15) is 26.7 Å². The highest BCUT2D eigenvalue weighted by Gasteiger charge is 2.37. The Morgan fingerprint density at radius 1 is 1.73 bits per heavy atom. The number of hydrogen-bond acceptors (Lipinski definition) is 3. The Labute approximate surface area is 74.3 Å². The fraction of sp³-hybridized carbons (Fsp3) is 1.00. The van der Waals surface area contributed by atoms with Gasteiger partial charge in [-0.3, -0.25) is 0 Å². The molecule has 0 amide bonds. The van der Waals surface area contributed by atoms with Crippen LogP contribution >= 0.6 is 6.92 Å². The van der Waals surface area contributed by atoms with Gasteiger partial charge in [-0.25, -0.2) is 9.05 Å². The Hall–Kier alpha value is 0.700. The van der Waals surface area contributed by atoms with Gasteiger partial charge in [-0.05, 0) is 26.7 Å². The predicted molar refractivity (Wildman–Crippen MR) is 50.6 cm³/mol. The van der Waals surface area contributed by atoms with Crippen molar-refractivity contribution in [3.8, 4) is 0 Å². The average molecular weight is 194 g/mol. The summed E-state index contributed by atoms with van der Waals surface area (Å²) in [6.45, 7) is 3.71. The molecule has 0 aromatic rings. The molecular weight excluding hydrogens is 179 g/mol. The summed E-state index contributed by atoms with van der Waals surface area (Å²) in [5.74, 6) is 0. The summed E-state index contributed by atoms with van der Waals surface area (Å²) in [4.78, 5) is 0. The molecule has 0 saturated carbocycles. The van der Waals surface area contributed by atoms with Crippen LogP contribution in [-0.4, -0.2) is 18.9 Å². The molecule has 11 heavy (non-hydrogen) atoms. The van der Waals surface area contributed by atoms with E-state index in [0.29, 0.717) is 12.3 Å². The summed E-state index contributed by atoms with van der Waals surface area (Å²) in [5, 5.41) is 0. The number of rotatable bonds is 2. The second-order valence-corrected chi connectivity index (χ2v) is 6.79. The molecule has 0 aromatic carbocycles. The van der Waals surface area contributed by atoms with Crippen molar-refractivity contribution in [2.45, 2.75) is 32.3 Å². The first-order valence-electron chi connectivity index (χ1n) is 4.08. The molecule has 1 rings (SSSR count). The van der Waals surface area contributed by atoms with Crippen LogP contribution in [0, 0.1) is 0 Å². The lowest BCUT2D eigenvalue weighted by molar-refractivity contribution is 0.222. The molecule has 4 heteroatoms. The molecular formula is C7H15O2PS. The Morgan fingerprint density at radius 2 is 2.45 bits per heavy atom. The molecule has 0 radical (unpaired) electrons. The monoisotopic (exact) mass is 194 g/mol. The summed E-state index contributed by atoms with van der Waals surface area (Å²) in [6.07, 6.45) is 2.30. The zero-order valence-corrected chi connectivity index (χ0v) is 8.79. The van der Waals surface area contributed by atoms with Crippen molar-refractivity contribution in [3.63, 3.8) is 0 Å². The molecule has 66 valence electrons. The van der Waals surface area contributed by atoms with Gasteiger partial charge in [0.2, 0.25) is 0 Å².